The van der Waals surface area contributed by atoms with E-state index >= 15 is 0 Å². The number of rotatable bonds is 7. The molecule has 3 heterocycles. The number of nitrogens with one attached hydrogen (secondary N) is 1. The molecule has 0 aliphatic carbocycles. The number of pyridine rings is 1. The minimum atomic E-state index is -4.81. The summed E-state index contributed by atoms with van der Waals surface area (Å²) in [6.07, 6.45) is -1.88. The van der Waals surface area contributed by atoms with Crippen molar-refractivity contribution in [2.24, 2.45) is 0 Å². The molecule has 1 fully saturated rings. The topological polar surface area (TPSA) is 110 Å². The summed E-state index contributed by atoms with van der Waals surface area (Å²) in [5.41, 5.74) is 0.136. The Morgan fingerprint density at radius 3 is 2.47 bits per heavy atom. The Morgan fingerprint density at radius 1 is 1.03 bits per heavy atom. The monoisotopic (exact) mass is 475 g/mol. The van der Waals surface area contributed by atoms with Gasteiger partial charge in [0.25, 0.3) is 0 Å². The van der Waals surface area contributed by atoms with Crippen LogP contribution in [0.25, 0.3) is 0 Å². The number of halogens is 3. The predicted octanol–water partition coefficient (Wildman–Crippen LogP) is 3.62. The smallest absolute Gasteiger partial charge is 0.406 e. The van der Waals surface area contributed by atoms with Crippen molar-refractivity contribution in [3.8, 4) is 5.75 Å². The van der Waals surface area contributed by atoms with Crippen molar-refractivity contribution in [2.75, 3.05) is 41.3 Å². The molecule has 1 aliphatic rings. The number of aromatic nitrogens is 3. The maximum Gasteiger partial charge on any atom is 0.573 e. The normalized spacial score (nSPS) is 14.1. The van der Waals surface area contributed by atoms with Crippen molar-refractivity contribution in [3.05, 3.63) is 70.7 Å². The maximum absolute atomic E-state index is 12.5. The molecule has 0 radical (unpaired) electrons. The first kappa shape index (κ1) is 23.0. The van der Waals surface area contributed by atoms with Gasteiger partial charge in [-0.2, -0.15) is 0 Å². The second-order valence-corrected chi connectivity index (χ2v) is 7.36. The van der Waals surface area contributed by atoms with Crippen LogP contribution in [0.15, 0.2) is 55.0 Å². The molecule has 10 nitrogen and oxygen atoms in total. The Balaban J connectivity index is 1.48. The highest BCUT2D eigenvalue weighted by Gasteiger charge is 2.31. The molecule has 13 heteroatoms. The molecular formula is C21H20F3N7O3. The van der Waals surface area contributed by atoms with Crippen LogP contribution in [0.3, 0.4) is 0 Å². The van der Waals surface area contributed by atoms with Gasteiger partial charge in [0.1, 0.15) is 17.9 Å². The molecule has 0 amide bonds. The van der Waals surface area contributed by atoms with Gasteiger partial charge in [-0.25, -0.2) is 15.0 Å². The minimum absolute atomic E-state index is 0.000194. The Morgan fingerprint density at radius 2 is 1.79 bits per heavy atom. The van der Waals surface area contributed by atoms with E-state index in [-0.39, 0.29) is 29.6 Å². The number of piperazine rings is 1. The number of hydrogen-bond acceptors (Lipinski definition) is 9. The van der Waals surface area contributed by atoms with E-state index < -0.39 is 11.3 Å². The molecule has 0 bridgehead atoms. The lowest BCUT2D eigenvalue weighted by atomic mass is 10.2. The number of anilines is 3. The molecule has 0 unspecified atom stereocenters. The average Bonchev–Trinajstić information content (AvgIpc) is 2.82. The highest BCUT2D eigenvalue weighted by molar-refractivity contribution is 5.70. The van der Waals surface area contributed by atoms with Gasteiger partial charge >= 0.3 is 12.0 Å². The summed E-state index contributed by atoms with van der Waals surface area (Å²) in [6.45, 7) is 2.19. The predicted molar refractivity (Wildman–Crippen MR) is 118 cm³/mol. The zero-order valence-corrected chi connectivity index (χ0v) is 17.8. The van der Waals surface area contributed by atoms with Crippen LogP contribution in [0.1, 0.15) is 5.56 Å². The summed E-state index contributed by atoms with van der Waals surface area (Å²) in [6, 6.07) is 11.0. The molecule has 34 heavy (non-hydrogen) atoms. The summed E-state index contributed by atoms with van der Waals surface area (Å²) in [4.78, 5) is 27.7. The molecule has 1 N–H and O–H groups in total. The zero-order valence-electron chi connectivity index (χ0n) is 17.8. The van der Waals surface area contributed by atoms with Crippen LogP contribution in [0.5, 0.6) is 5.75 Å². The van der Waals surface area contributed by atoms with Crippen LogP contribution in [0.4, 0.5) is 36.3 Å². The van der Waals surface area contributed by atoms with Gasteiger partial charge in [-0.1, -0.05) is 18.2 Å². The van der Waals surface area contributed by atoms with Gasteiger partial charge in [-0.3, -0.25) is 10.1 Å². The first-order valence-electron chi connectivity index (χ1n) is 10.3. The molecule has 2 aromatic heterocycles. The molecule has 1 aromatic carbocycles. The molecule has 1 saturated heterocycles. The maximum atomic E-state index is 12.5. The number of nitro groups is 1. The molecule has 4 rings (SSSR count). The lowest BCUT2D eigenvalue weighted by molar-refractivity contribution is -0.383. The fourth-order valence-corrected chi connectivity index (χ4v) is 3.62. The van der Waals surface area contributed by atoms with E-state index in [0.29, 0.717) is 31.7 Å². The fourth-order valence-electron chi connectivity index (χ4n) is 3.62. The van der Waals surface area contributed by atoms with E-state index in [1.165, 1.54) is 24.5 Å². The van der Waals surface area contributed by atoms with Gasteiger partial charge < -0.3 is 19.9 Å². The van der Waals surface area contributed by atoms with Crippen LogP contribution in [-0.2, 0) is 6.54 Å². The highest BCUT2D eigenvalue weighted by Crippen LogP contribution is 2.33. The van der Waals surface area contributed by atoms with Crippen LogP contribution in [0.2, 0.25) is 0 Å². The van der Waals surface area contributed by atoms with Gasteiger partial charge in [0.2, 0.25) is 11.6 Å². The number of hydrogen-bond donors (Lipinski definition) is 1. The second-order valence-electron chi connectivity index (χ2n) is 7.36. The zero-order chi connectivity index (χ0) is 24.1. The Hall–Kier alpha value is -4.16. The van der Waals surface area contributed by atoms with Crippen molar-refractivity contribution in [2.45, 2.75) is 12.9 Å². The molecule has 1 aliphatic heterocycles. The summed E-state index contributed by atoms with van der Waals surface area (Å²) in [5, 5.41) is 14.7. The third-order valence-electron chi connectivity index (χ3n) is 5.13. The van der Waals surface area contributed by atoms with Gasteiger partial charge in [0.15, 0.2) is 0 Å². The summed E-state index contributed by atoms with van der Waals surface area (Å²) >= 11 is 0. The van der Waals surface area contributed by atoms with Crippen molar-refractivity contribution in [1.82, 2.24) is 15.0 Å². The standard InChI is InChI=1S/C21H20F3N7O3/c22-21(23,24)34-16-5-3-4-15(12-16)13-26-19-18(31(32)33)20(28-14-27-19)30-10-8-29(9-11-30)17-6-1-2-7-25-17/h1-7,12,14H,8-11,13H2,(H,26,27,28). The van der Waals surface area contributed by atoms with E-state index in [1.54, 1.807) is 12.3 Å². The van der Waals surface area contributed by atoms with Crippen molar-refractivity contribution >= 4 is 23.1 Å². The Bertz CT molecular complexity index is 1140. The van der Waals surface area contributed by atoms with Crippen molar-refractivity contribution in [3.63, 3.8) is 0 Å². The number of nitrogens with zero attached hydrogens (tertiary/aromatic N) is 6. The van der Waals surface area contributed by atoms with Crippen molar-refractivity contribution in [1.29, 1.82) is 0 Å². The van der Waals surface area contributed by atoms with E-state index in [4.69, 9.17) is 0 Å². The van der Waals surface area contributed by atoms with Gasteiger partial charge in [0, 0.05) is 38.9 Å². The van der Waals surface area contributed by atoms with E-state index in [2.05, 4.69) is 29.9 Å². The molecule has 0 saturated carbocycles. The second kappa shape index (κ2) is 9.77. The third-order valence-corrected chi connectivity index (χ3v) is 5.13. The van der Waals surface area contributed by atoms with E-state index in [9.17, 15) is 23.3 Å². The van der Waals surface area contributed by atoms with E-state index in [0.717, 1.165) is 5.82 Å². The first-order valence-corrected chi connectivity index (χ1v) is 10.3. The molecule has 0 spiro atoms. The van der Waals surface area contributed by atoms with Crippen LogP contribution in [-0.4, -0.2) is 52.4 Å². The molecule has 178 valence electrons. The van der Waals surface area contributed by atoms with Gasteiger partial charge in [-0.15, -0.1) is 13.2 Å². The lowest BCUT2D eigenvalue weighted by Gasteiger charge is -2.35. The lowest BCUT2D eigenvalue weighted by Crippen LogP contribution is -2.47. The number of ether oxygens (including phenoxy) is 1. The number of benzene rings is 1. The fraction of sp³-hybridized carbons (Fsp3) is 0.286. The Labute approximate surface area is 192 Å². The third kappa shape index (κ3) is 5.60. The molecular weight excluding hydrogens is 455 g/mol. The summed E-state index contributed by atoms with van der Waals surface area (Å²) < 4.78 is 41.3. The van der Waals surface area contributed by atoms with E-state index in [1.807, 2.05) is 23.1 Å². The summed E-state index contributed by atoms with van der Waals surface area (Å²) in [5.74, 6) is 0.607. The van der Waals surface area contributed by atoms with Crippen LogP contribution < -0.4 is 19.9 Å². The highest BCUT2D eigenvalue weighted by atomic mass is 19.4. The molecule has 3 aromatic rings. The Kier molecular flexibility index (Phi) is 6.61. The van der Waals surface area contributed by atoms with Gasteiger partial charge in [-0.05, 0) is 29.8 Å². The number of alkyl halides is 3. The van der Waals surface area contributed by atoms with Crippen LogP contribution >= 0.6 is 0 Å². The largest absolute Gasteiger partial charge is 0.573 e. The first-order chi connectivity index (χ1) is 16.3. The van der Waals surface area contributed by atoms with Crippen LogP contribution in [0, 0.1) is 10.1 Å². The SMILES string of the molecule is O=[N+]([O-])c1c(NCc2cccc(OC(F)(F)F)c2)ncnc1N1CCN(c2ccccn2)CC1. The van der Waals surface area contributed by atoms with Crippen molar-refractivity contribution < 1.29 is 22.8 Å². The van der Waals surface area contributed by atoms with Gasteiger partial charge in [0.05, 0.1) is 4.92 Å². The quantitative estimate of drug-likeness (QED) is 0.405. The molecule has 0 atom stereocenters. The average molecular weight is 475 g/mol. The minimum Gasteiger partial charge on any atom is -0.406 e. The summed E-state index contributed by atoms with van der Waals surface area (Å²) in [7, 11) is 0.